The summed E-state index contributed by atoms with van der Waals surface area (Å²) in [4.78, 5) is 3.67. The molecule has 0 saturated heterocycles. The van der Waals surface area contributed by atoms with Gasteiger partial charge in [-0.1, -0.05) is 143 Å². The second-order valence-electron chi connectivity index (χ2n) is 11.2. The number of unbranched alkanes of at least 4 members (excludes halogenated alkanes) is 17. The third-order valence-electron chi connectivity index (χ3n) is 7.89. The van der Waals surface area contributed by atoms with Gasteiger partial charge in [-0.3, -0.25) is 0 Å². The summed E-state index contributed by atoms with van der Waals surface area (Å²) in [5.74, 6) is 2.22. The topological polar surface area (TPSA) is 19.7 Å². The number of hydrogen-bond donors (Lipinski definition) is 1. The standard InChI is InChI=1S/C32H62N2/c1-5-8-11-13-15-17-19-21-23-25-30(4)34-29-28-33-32(34)31(26-10-7-3)27-24-22-20-18-16-14-12-9-6-2/h28-31H,5-27H2,1-4H3/p+1. The Balaban J connectivity index is 2.34. The zero-order valence-corrected chi connectivity index (χ0v) is 24.0. The number of nitrogens with zero attached hydrogens (tertiary/aromatic N) is 1. The van der Waals surface area contributed by atoms with Gasteiger partial charge in [0.05, 0.1) is 12.0 Å². The van der Waals surface area contributed by atoms with Crippen molar-refractivity contribution >= 4 is 0 Å². The van der Waals surface area contributed by atoms with E-state index in [1.54, 1.807) is 0 Å². The minimum atomic E-state index is 0.623. The molecule has 0 aliphatic rings. The fraction of sp³-hybridized carbons (Fsp3) is 0.906. The van der Waals surface area contributed by atoms with Crippen LogP contribution in [-0.4, -0.2) is 4.98 Å². The quantitative estimate of drug-likeness (QED) is 0.107. The number of hydrogen-bond acceptors (Lipinski definition) is 0. The first-order valence-electron chi connectivity index (χ1n) is 15.8. The van der Waals surface area contributed by atoms with E-state index in [1.165, 1.54) is 154 Å². The lowest BCUT2D eigenvalue weighted by Gasteiger charge is -2.17. The number of H-pyrrole nitrogens is 1. The molecule has 2 unspecified atom stereocenters. The number of aromatic nitrogens is 2. The van der Waals surface area contributed by atoms with Gasteiger partial charge in [0.2, 0.25) is 0 Å². The van der Waals surface area contributed by atoms with Crippen molar-refractivity contribution in [3.05, 3.63) is 18.2 Å². The molecule has 0 saturated carbocycles. The first kappa shape index (κ1) is 31.2. The summed E-state index contributed by atoms with van der Waals surface area (Å²) < 4.78 is 2.60. The van der Waals surface area contributed by atoms with Crippen LogP contribution >= 0.6 is 0 Å². The van der Waals surface area contributed by atoms with Crippen molar-refractivity contribution in [2.75, 3.05) is 0 Å². The zero-order chi connectivity index (χ0) is 24.7. The molecule has 2 nitrogen and oxygen atoms in total. The maximum Gasteiger partial charge on any atom is 0.257 e. The van der Waals surface area contributed by atoms with E-state index in [0.29, 0.717) is 12.0 Å². The fourth-order valence-corrected chi connectivity index (χ4v) is 5.53. The molecule has 0 fully saturated rings. The van der Waals surface area contributed by atoms with Crippen LogP contribution in [0.4, 0.5) is 0 Å². The molecule has 1 heterocycles. The van der Waals surface area contributed by atoms with Crippen molar-refractivity contribution in [3.8, 4) is 0 Å². The average molecular weight is 476 g/mol. The largest absolute Gasteiger partial charge is 0.257 e. The molecule has 0 aliphatic heterocycles. The van der Waals surface area contributed by atoms with E-state index in [2.05, 4.69) is 49.6 Å². The molecule has 1 aromatic heterocycles. The van der Waals surface area contributed by atoms with Gasteiger partial charge in [-0.15, -0.1) is 0 Å². The number of imidazole rings is 1. The van der Waals surface area contributed by atoms with Crippen LogP contribution in [0.2, 0.25) is 0 Å². The van der Waals surface area contributed by atoms with Crippen molar-refractivity contribution in [2.45, 2.75) is 187 Å². The molecule has 1 aromatic rings. The van der Waals surface area contributed by atoms with E-state index in [0.717, 1.165) is 0 Å². The molecule has 0 bridgehead atoms. The third kappa shape index (κ3) is 15.3. The lowest BCUT2D eigenvalue weighted by molar-refractivity contribution is -0.727. The van der Waals surface area contributed by atoms with Gasteiger partial charge in [0.15, 0.2) is 0 Å². The summed E-state index contributed by atoms with van der Waals surface area (Å²) in [6.45, 7) is 9.39. The highest BCUT2D eigenvalue weighted by Crippen LogP contribution is 2.26. The van der Waals surface area contributed by atoms with Crippen LogP contribution in [-0.2, 0) is 0 Å². The van der Waals surface area contributed by atoms with E-state index < -0.39 is 0 Å². The van der Waals surface area contributed by atoms with Gasteiger partial charge < -0.3 is 0 Å². The SMILES string of the molecule is CCCCCCCCCCCC(CCCC)c1[nH]cc[n+]1C(C)CCCCCCCCCCC. The van der Waals surface area contributed by atoms with Crippen LogP contribution in [0.15, 0.2) is 12.4 Å². The normalized spacial score (nSPS) is 13.4. The molecule has 1 rings (SSSR count). The summed E-state index contributed by atoms with van der Waals surface area (Å²) in [6.07, 6.45) is 36.8. The average Bonchev–Trinajstić information content (AvgIpc) is 3.33. The molecule has 0 spiro atoms. The van der Waals surface area contributed by atoms with Crippen LogP contribution in [0.1, 0.15) is 193 Å². The second kappa shape index (κ2) is 22.7. The molecule has 34 heavy (non-hydrogen) atoms. The molecule has 0 aromatic carbocycles. The van der Waals surface area contributed by atoms with Crippen LogP contribution in [0.5, 0.6) is 0 Å². The molecular formula is C32H63N2+. The second-order valence-corrected chi connectivity index (χ2v) is 11.2. The van der Waals surface area contributed by atoms with Gasteiger partial charge in [-0.25, -0.2) is 9.55 Å². The van der Waals surface area contributed by atoms with E-state index in [-0.39, 0.29) is 0 Å². The summed E-state index contributed by atoms with van der Waals surface area (Å²) in [5, 5.41) is 0. The van der Waals surface area contributed by atoms with Crippen LogP contribution in [0.25, 0.3) is 0 Å². The Morgan fingerprint density at radius 3 is 1.47 bits per heavy atom. The van der Waals surface area contributed by atoms with E-state index in [4.69, 9.17) is 0 Å². The molecule has 0 radical (unpaired) electrons. The molecule has 2 atom stereocenters. The Morgan fingerprint density at radius 2 is 0.971 bits per heavy atom. The minimum Gasteiger partial charge on any atom is -0.247 e. The Kier molecular flexibility index (Phi) is 20.8. The van der Waals surface area contributed by atoms with Crippen molar-refractivity contribution in [2.24, 2.45) is 0 Å². The summed E-state index contributed by atoms with van der Waals surface area (Å²) in [7, 11) is 0. The highest BCUT2D eigenvalue weighted by atomic mass is 15.1. The van der Waals surface area contributed by atoms with E-state index in [9.17, 15) is 0 Å². The predicted octanol–water partition coefficient (Wildman–Crippen LogP) is 11.0. The van der Waals surface area contributed by atoms with Gasteiger partial charge in [0, 0.05) is 0 Å². The molecule has 2 heteroatoms. The molecular weight excluding hydrogens is 412 g/mol. The lowest BCUT2D eigenvalue weighted by atomic mass is 9.93. The monoisotopic (exact) mass is 475 g/mol. The third-order valence-corrected chi connectivity index (χ3v) is 7.89. The molecule has 1 N–H and O–H groups in total. The van der Waals surface area contributed by atoms with Crippen molar-refractivity contribution in [1.29, 1.82) is 0 Å². The Hall–Kier alpha value is -0.790. The molecule has 0 aliphatic carbocycles. The number of aromatic amines is 1. The maximum atomic E-state index is 3.67. The van der Waals surface area contributed by atoms with Gasteiger partial charge in [-0.05, 0) is 32.6 Å². The highest BCUT2D eigenvalue weighted by molar-refractivity contribution is 4.90. The summed E-state index contributed by atoms with van der Waals surface area (Å²) >= 11 is 0. The number of nitrogens with one attached hydrogen (secondary N) is 1. The van der Waals surface area contributed by atoms with Crippen molar-refractivity contribution in [3.63, 3.8) is 0 Å². The first-order valence-corrected chi connectivity index (χ1v) is 15.8. The van der Waals surface area contributed by atoms with Crippen LogP contribution in [0, 0.1) is 0 Å². The minimum absolute atomic E-state index is 0.623. The summed E-state index contributed by atoms with van der Waals surface area (Å²) in [5.41, 5.74) is 0. The molecule has 200 valence electrons. The molecule has 0 amide bonds. The van der Waals surface area contributed by atoms with Crippen molar-refractivity contribution in [1.82, 2.24) is 4.98 Å². The Morgan fingerprint density at radius 1 is 0.559 bits per heavy atom. The van der Waals surface area contributed by atoms with E-state index >= 15 is 0 Å². The Bertz CT molecular complexity index is 535. The number of rotatable bonds is 25. The maximum absolute atomic E-state index is 3.67. The van der Waals surface area contributed by atoms with Gasteiger partial charge >= 0.3 is 0 Å². The van der Waals surface area contributed by atoms with E-state index in [1.807, 2.05) is 0 Å². The first-order chi connectivity index (χ1) is 16.7. The Labute approximate surface area is 215 Å². The highest BCUT2D eigenvalue weighted by Gasteiger charge is 2.25. The van der Waals surface area contributed by atoms with Crippen molar-refractivity contribution < 1.29 is 4.57 Å². The van der Waals surface area contributed by atoms with Crippen LogP contribution in [0.3, 0.4) is 0 Å². The van der Waals surface area contributed by atoms with Gasteiger partial charge in [0.1, 0.15) is 12.4 Å². The van der Waals surface area contributed by atoms with Crippen LogP contribution < -0.4 is 4.57 Å². The van der Waals surface area contributed by atoms with Gasteiger partial charge in [0.25, 0.3) is 5.82 Å². The lowest BCUT2D eigenvalue weighted by Crippen LogP contribution is -2.41. The predicted molar refractivity (Wildman–Crippen MR) is 152 cm³/mol. The zero-order valence-electron chi connectivity index (χ0n) is 24.0. The smallest absolute Gasteiger partial charge is 0.247 e. The fourth-order valence-electron chi connectivity index (χ4n) is 5.53. The van der Waals surface area contributed by atoms with Gasteiger partial charge in [-0.2, -0.15) is 0 Å². The summed E-state index contributed by atoms with van der Waals surface area (Å²) in [6, 6.07) is 0.623.